The first-order valence-electron chi connectivity index (χ1n) is 9.43. The van der Waals surface area contributed by atoms with Crippen molar-refractivity contribution in [2.45, 2.75) is 45.7 Å². The molecule has 1 rings (SSSR count). The van der Waals surface area contributed by atoms with E-state index in [0.717, 1.165) is 58.1 Å². The molecule has 150 valence electrons. The average Bonchev–Trinajstić information content (AvgIpc) is 2.63. The van der Waals surface area contributed by atoms with Crippen molar-refractivity contribution >= 4 is 29.9 Å². The third-order valence-corrected chi connectivity index (χ3v) is 4.32. The van der Waals surface area contributed by atoms with Gasteiger partial charge in [0.05, 0.1) is 0 Å². The van der Waals surface area contributed by atoms with E-state index in [-0.39, 0.29) is 24.0 Å². The first-order valence-corrected chi connectivity index (χ1v) is 9.43. The van der Waals surface area contributed by atoms with Crippen LogP contribution in [0.25, 0.3) is 0 Å². The molecule has 0 saturated carbocycles. The van der Waals surface area contributed by atoms with Crippen molar-refractivity contribution in [3.05, 3.63) is 35.9 Å². The third-order valence-electron chi connectivity index (χ3n) is 4.32. The molecule has 0 radical (unpaired) electrons. The van der Waals surface area contributed by atoms with E-state index in [1.54, 1.807) is 0 Å². The first kappa shape index (κ1) is 25.1. The molecule has 26 heavy (non-hydrogen) atoms. The molecule has 0 heterocycles. The summed E-state index contributed by atoms with van der Waals surface area (Å²) in [6.07, 6.45) is 3.25. The van der Waals surface area contributed by atoms with E-state index in [0.29, 0.717) is 6.04 Å². The topological polar surface area (TPSA) is 48.9 Å². The fraction of sp³-hybridized carbons (Fsp3) is 0.650. The van der Waals surface area contributed by atoms with Gasteiger partial charge in [-0.3, -0.25) is 9.89 Å². The molecule has 1 aromatic rings. The summed E-state index contributed by atoms with van der Waals surface area (Å²) in [6.45, 7) is 8.77. The van der Waals surface area contributed by atoms with Crippen molar-refractivity contribution in [3.63, 3.8) is 0 Å². The first-order chi connectivity index (χ1) is 12.2. The minimum absolute atomic E-state index is 0. The van der Waals surface area contributed by atoms with Crippen LogP contribution in [-0.4, -0.2) is 57.3 Å². The lowest BCUT2D eigenvalue weighted by Crippen LogP contribution is -2.40. The summed E-state index contributed by atoms with van der Waals surface area (Å²) in [4.78, 5) is 6.67. The van der Waals surface area contributed by atoms with Crippen molar-refractivity contribution in [1.82, 2.24) is 15.5 Å². The Hall–Kier alpha value is -0.860. The summed E-state index contributed by atoms with van der Waals surface area (Å²) in [5.74, 6) is 0.884. The van der Waals surface area contributed by atoms with Gasteiger partial charge in [0, 0.05) is 45.9 Å². The van der Waals surface area contributed by atoms with Crippen LogP contribution in [0.3, 0.4) is 0 Å². The molecule has 0 saturated heterocycles. The summed E-state index contributed by atoms with van der Waals surface area (Å²) in [5, 5.41) is 6.76. The van der Waals surface area contributed by atoms with Crippen molar-refractivity contribution in [3.8, 4) is 0 Å². The molecule has 0 aromatic heterocycles. The molecular weight excluding hydrogens is 439 g/mol. The highest BCUT2D eigenvalue weighted by Crippen LogP contribution is 2.07. The SMILES string of the molecule is CCOCCCCNC(=NC)NCCC(C)N(C)Cc1ccccc1.I. The number of ether oxygens (including phenoxy) is 1. The smallest absolute Gasteiger partial charge is 0.190 e. The van der Waals surface area contributed by atoms with Gasteiger partial charge in [0.2, 0.25) is 0 Å². The van der Waals surface area contributed by atoms with Crippen LogP contribution in [-0.2, 0) is 11.3 Å². The van der Waals surface area contributed by atoms with Crippen LogP contribution in [0.1, 0.15) is 38.7 Å². The summed E-state index contributed by atoms with van der Waals surface area (Å²) < 4.78 is 5.34. The van der Waals surface area contributed by atoms with E-state index in [2.05, 4.69) is 64.8 Å². The van der Waals surface area contributed by atoms with Gasteiger partial charge in [-0.25, -0.2) is 0 Å². The van der Waals surface area contributed by atoms with Crippen molar-refractivity contribution in [2.24, 2.45) is 4.99 Å². The number of unbranched alkanes of at least 4 members (excludes halogenated alkanes) is 1. The molecular formula is C20H37IN4O. The van der Waals surface area contributed by atoms with Gasteiger partial charge in [-0.15, -0.1) is 24.0 Å². The van der Waals surface area contributed by atoms with Crippen molar-refractivity contribution in [1.29, 1.82) is 0 Å². The number of halogens is 1. The van der Waals surface area contributed by atoms with E-state index in [1.807, 2.05) is 14.0 Å². The van der Waals surface area contributed by atoms with Crippen LogP contribution in [0.15, 0.2) is 35.3 Å². The minimum atomic E-state index is 0. The average molecular weight is 476 g/mol. The standard InChI is InChI=1S/C20H36N4O.HI/c1-5-25-16-10-9-14-22-20(21-3)23-15-13-18(2)24(4)17-19-11-7-6-8-12-19;/h6-8,11-12,18H,5,9-10,13-17H2,1-4H3,(H2,21,22,23);1H. The molecule has 0 aliphatic rings. The molecule has 5 nitrogen and oxygen atoms in total. The Kier molecular flexibility index (Phi) is 15.8. The van der Waals surface area contributed by atoms with Crippen LogP contribution in [0, 0.1) is 0 Å². The number of rotatable bonds is 12. The van der Waals surface area contributed by atoms with E-state index < -0.39 is 0 Å². The quantitative estimate of drug-likeness (QED) is 0.210. The number of benzene rings is 1. The maximum Gasteiger partial charge on any atom is 0.190 e. The Morgan fingerprint density at radius 3 is 2.50 bits per heavy atom. The maximum absolute atomic E-state index is 5.34. The number of guanidine groups is 1. The lowest BCUT2D eigenvalue weighted by molar-refractivity contribution is 0.143. The molecule has 1 aromatic carbocycles. The van der Waals surface area contributed by atoms with Gasteiger partial charge in [-0.1, -0.05) is 30.3 Å². The lowest BCUT2D eigenvalue weighted by atomic mass is 10.1. The van der Waals surface area contributed by atoms with Crippen LogP contribution in [0.5, 0.6) is 0 Å². The van der Waals surface area contributed by atoms with Gasteiger partial charge in [-0.05, 0) is 45.7 Å². The molecule has 1 unspecified atom stereocenters. The fourth-order valence-electron chi connectivity index (χ4n) is 2.55. The zero-order valence-electron chi connectivity index (χ0n) is 16.8. The van der Waals surface area contributed by atoms with Gasteiger partial charge in [0.1, 0.15) is 0 Å². The van der Waals surface area contributed by atoms with Gasteiger partial charge < -0.3 is 15.4 Å². The highest BCUT2D eigenvalue weighted by atomic mass is 127. The van der Waals surface area contributed by atoms with Crippen LogP contribution >= 0.6 is 24.0 Å². The van der Waals surface area contributed by atoms with E-state index in [9.17, 15) is 0 Å². The van der Waals surface area contributed by atoms with Crippen LogP contribution in [0.2, 0.25) is 0 Å². The van der Waals surface area contributed by atoms with E-state index >= 15 is 0 Å². The monoisotopic (exact) mass is 476 g/mol. The van der Waals surface area contributed by atoms with E-state index in [1.165, 1.54) is 5.56 Å². The molecule has 6 heteroatoms. The maximum atomic E-state index is 5.34. The summed E-state index contributed by atoms with van der Waals surface area (Å²) in [5.41, 5.74) is 1.36. The Bertz CT molecular complexity index is 470. The van der Waals surface area contributed by atoms with Crippen LogP contribution in [0.4, 0.5) is 0 Å². The molecule has 2 N–H and O–H groups in total. The second-order valence-electron chi connectivity index (χ2n) is 6.37. The van der Waals surface area contributed by atoms with Gasteiger partial charge in [-0.2, -0.15) is 0 Å². The van der Waals surface area contributed by atoms with Gasteiger partial charge in [0.25, 0.3) is 0 Å². The van der Waals surface area contributed by atoms with Crippen molar-refractivity contribution in [2.75, 3.05) is 40.4 Å². The van der Waals surface area contributed by atoms with Crippen molar-refractivity contribution < 1.29 is 4.74 Å². The predicted octanol–water partition coefficient (Wildman–Crippen LogP) is 3.50. The van der Waals surface area contributed by atoms with Gasteiger partial charge >= 0.3 is 0 Å². The third kappa shape index (κ3) is 11.7. The fourth-order valence-corrected chi connectivity index (χ4v) is 2.55. The number of nitrogens with one attached hydrogen (secondary N) is 2. The molecule has 0 spiro atoms. The largest absolute Gasteiger partial charge is 0.382 e. The molecule has 0 fully saturated rings. The highest BCUT2D eigenvalue weighted by molar-refractivity contribution is 14.0. The Morgan fingerprint density at radius 1 is 1.15 bits per heavy atom. The lowest BCUT2D eigenvalue weighted by Gasteiger charge is -2.25. The number of nitrogens with zero attached hydrogens (tertiary/aromatic N) is 2. The zero-order valence-corrected chi connectivity index (χ0v) is 19.2. The molecule has 0 amide bonds. The summed E-state index contributed by atoms with van der Waals surface area (Å²) in [6, 6.07) is 11.1. The number of hydrogen-bond donors (Lipinski definition) is 2. The molecule has 0 bridgehead atoms. The number of aliphatic imine (C=N–C) groups is 1. The summed E-state index contributed by atoms with van der Waals surface area (Å²) in [7, 11) is 4.00. The minimum Gasteiger partial charge on any atom is -0.382 e. The summed E-state index contributed by atoms with van der Waals surface area (Å²) >= 11 is 0. The van der Waals surface area contributed by atoms with Gasteiger partial charge in [0.15, 0.2) is 5.96 Å². The number of hydrogen-bond acceptors (Lipinski definition) is 3. The zero-order chi connectivity index (χ0) is 18.3. The normalized spacial score (nSPS) is 12.6. The molecule has 0 aliphatic heterocycles. The second kappa shape index (κ2) is 16.3. The van der Waals surface area contributed by atoms with Crippen LogP contribution < -0.4 is 10.6 Å². The second-order valence-corrected chi connectivity index (χ2v) is 6.37. The predicted molar refractivity (Wildman–Crippen MR) is 122 cm³/mol. The van der Waals surface area contributed by atoms with E-state index in [4.69, 9.17) is 4.74 Å². The Balaban J connectivity index is 0.00000625. The Labute approximate surface area is 177 Å². The molecule has 0 aliphatic carbocycles. The molecule has 1 atom stereocenters. The Morgan fingerprint density at radius 2 is 1.85 bits per heavy atom. The highest BCUT2D eigenvalue weighted by Gasteiger charge is 2.09.